The average Bonchev–Trinajstić information content (AvgIpc) is 4.31. The number of hydrogen-bond donors (Lipinski definition) is 0. The Bertz CT molecular complexity index is 2790. The highest BCUT2D eigenvalue weighted by molar-refractivity contribution is 7.91. The molecule has 2 aliphatic carbocycles. The first kappa shape index (κ1) is 51.9. The quantitative estimate of drug-likeness (QED) is 0.111. The van der Waals surface area contributed by atoms with Crippen LogP contribution in [0.4, 0.5) is 0 Å². The molecule has 72 heavy (non-hydrogen) atoms. The second kappa shape index (κ2) is 21.8. The van der Waals surface area contributed by atoms with Gasteiger partial charge in [-0.25, -0.2) is 36.8 Å². The van der Waals surface area contributed by atoms with Crippen LogP contribution in [0.15, 0.2) is 73.8 Å². The Balaban J connectivity index is 0.000000178. The average molecular weight is 1070 g/mol. The fraction of sp³-hybridized carbons (Fsp3) is 0.522. The van der Waals surface area contributed by atoms with Crippen LogP contribution in [0.1, 0.15) is 110 Å². The van der Waals surface area contributed by atoms with Gasteiger partial charge in [0.25, 0.3) is 0 Å². The van der Waals surface area contributed by atoms with Crippen LogP contribution >= 0.6 is 23.2 Å². The number of rotatable bonds is 18. The Morgan fingerprint density at radius 1 is 0.611 bits per heavy atom. The van der Waals surface area contributed by atoms with E-state index in [2.05, 4.69) is 50.3 Å². The topological polar surface area (TPSA) is 262 Å². The fourth-order valence-electron chi connectivity index (χ4n) is 9.22. The van der Waals surface area contributed by atoms with Crippen molar-refractivity contribution in [3.63, 3.8) is 0 Å². The molecule has 4 fully saturated rings. The highest BCUT2D eigenvalue weighted by Crippen LogP contribution is 2.52. The Morgan fingerprint density at radius 3 is 1.31 bits per heavy atom. The second-order valence-electron chi connectivity index (χ2n) is 17.9. The summed E-state index contributed by atoms with van der Waals surface area (Å²) in [6.45, 7) is 5.67. The summed E-state index contributed by atoms with van der Waals surface area (Å²) in [6.07, 6.45) is 13.2. The summed E-state index contributed by atoms with van der Waals surface area (Å²) < 4.78 is 92.5. The van der Waals surface area contributed by atoms with Gasteiger partial charge < -0.3 is 37.6 Å². The summed E-state index contributed by atoms with van der Waals surface area (Å²) in [5.41, 5.74) is 0.974. The SMILES string of the molecule is CO[C@H](c1ncc(Cl)cn1)[C@H](C)S(=O)(=O)Cc1nnc([C@@H]2COCCO2)n1C1(c2cccnc2)CC1.CO[C@H](c1ncc(Cl)cn1)[C@H](C)S(=O)(=O)Cc1nnc([C@H]2COCCO2)n1C1(c2cccnc2)CC1. The van der Waals surface area contributed by atoms with Gasteiger partial charge in [0.1, 0.15) is 47.6 Å². The van der Waals surface area contributed by atoms with Gasteiger partial charge in [0, 0.05) is 63.8 Å². The van der Waals surface area contributed by atoms with E-state index < -0.39 is 65.7 Å². The lowest BCUT2D eigenvalue weighted by molar-refractivity contribution is -0.0952. The van der Waals surface area contributed by atoms with Crippen molar-refractivity contribution in [1.82, 2.24) is 59.4 Å². The molecular formula is C46H54Cl2N12O10S2. The number of sulfone groups is 2. The first-order chi connectivity index (χ1) is 34.7. The minimum Gasteiger partial charge on any atom is -0.376 e. The van der Waals surface area contributed by atoms with Crippen LogP contribution in [0, 0.1) is 0 Å². The number of methoxy groups -OCH3 is 2. The van der Waals surface area contributed by atoms with E-state index in [1.807, 2.05) is 33.4 Å². The minimum absolute atomic E-state index is 0.238. The van der Waals surface area contributed by atoms with E-state index in [1.54, 1.807) is 38.6 Å². The van der Waals surface area contributed by atoms with Crippen LogP contribution in [0.3, 0.4) is 0 Å². The zero-order chi connectivity index (χ0) is 50.7. The van der Waals surface area contributed by atoms with Crippen molar-refractivity contribution in [1.29, 1.82) is 0 Å². The maximum atomic E-state index is 13.7. The van der Waals surface area contributed by atoms with Crippen LogP contribution in [0.2, 0.25) is 10.0 Å². The maximum absolute atomic E-state index is 13.7. The van der Waals surface area contributed by atoms with Crippen LogP contribution in [-0.4, -0.2) is 141 Å². The van der Waals surface area contributed by atoms with Crippen molar-refractivity contribution < 1.29 is 45.3 Å². The molecule has 10 rings (SSSR count). The van der Waals surface area contributed by atoms with Gasteiger partial charge in [0.15, 0.2) is 43.0 Å². The fourth-order valence-corrected chi connectivity index (χ4v) is 12.3. The molecule has 2 saturated heterocycles. The van der Waals surface area contributed by atoms with E-state index in [4.69, 9.17) is 51.6 Å². The summed E-state index contributed by atoms with van der Waals surface area (Å²) in [6, 6.07) is 7.71. The summed E-state index contributed by atoms with van der Waals surface area (Å²) in [5.74, 6) is 1.56. The molecule has 6 aromatic heterocycles. The third-order valence-electron chi connectivity index (χ3n) is 13.4. The molecule has 384 valence electrons. The van der Waals surface area contributed by atoms with Crippen LogP contribution in [-0.2, 0) is 70.7 Å². The van der Waals surface area contributed by atoms with E-state index in [0.717, 1.165) is 36.8 Å². The number of nitrogens with zero attached hydrogens (tertiary/aromatic N) is 12. The van der Waals surface area contributed by atoms with Crippen LogP contribution in [0.5, 0.6) is 0 Å². The molecule has 0 N–H and O–H groups in total. The van der Waals surface area contributed by atoms with Crippen molar-refractivity contribution in [3.8, 4) is 0 Å². The Morgan fingerprint density at radius 2 is 1.00 bits per heavy atom. The highest BCUT2D eigenvalue weighted by Gasteiger charge is 2.52. The van der Waals surface area contributed by atoms with Gasteiger partial charge in [-0.2, -0.15) is 0 Å². The highest BCUT2D eigenvalue weighted by atomic mass is 35.5. The summed E-state index contributed by atoms with van der Waals surface area (Å²) in [7, 11) is -4.72. The second-order valence-corrected chi connectivity index (χ2v) is 23.5. The largest absolute Gasteiger partial charge is 0.376 e. The molecular weight excluding hydrogens is 1020 g/mol. The van der Waals surface area contributed by atoms with Gasteiger partial charge in [-0.15, -0.1) is 20.4 Å². The molecule has 2 saturated carbocycles. The monoisotopic (exact) mass is 1070 g/mol. The van der Waals surface area contributed by atoms with E-state index >= 15 is 0 Å². The van der Waals surface area contributed by atoms with Crippen molar-refractivity contribution in [3.05, 3.63) is 130 Å². The van der Waals surface area contributed by atoms with E-state index in [-0.39, 0.29) is 23.2 Å². The minimum atomic E-state index is -3.79. The van der Waals surface area contributed by atoms with E-state index in [1.165, 1.54) is 39.0 Å². The van der Waals surface area contributed by atoms with Crippen molar-refractivity contribution in [2.24, 2.45) is 0 Å². The van der Waals surface area contributed by atoms with Crippen molar-refractivity contribution in [2.45, 2.75) is 97.0 Å². The molecule has 22 nitrogen and oxygen atoms in total. The van der Waals surface area contributed by atoms with Gasteiger partial charge in [0.2, 0.25) is 0 Å². The summed E-state index contributed by atoms with van der Waals surface area (Å²) in [5, 5.41) is 16.3. The Kier molecular flexibility index (Phi) is 15.7. The third kappa shape index (κ3) is 10.8. The summed E-state index contributed by atoms with van der Waals surface area (Å²) >= 11 is 11.8. The van der Waals surface area contributed by atoms with Gasteiger partial charge in [-0.3, -0.25) is 9.97 Å². The molecule has 0 spiro atoms. The molecule has 4 aliphatic rings. The first-order valence-electron chi connectivity index (χ1n) is 23.2. The van der Waals surface area contributed by atoms with Crippen molar-refractivity contribution >= 4 is 42.9 Å². The zero-order valence-electron chi connectivity index (χ0n) is 39.9. The molecule has 26 heteroatoms. The first-order valence-corrected chi connectivity index (χ1v) is 27.4. The van der Waals surface area contributed by atoms with E-state index in [9.17, 15) is 16.8 Å². The molecule has 2 aliphatic heterocycles. The molecule has 0 unspecified atom stereocenters. The van der Waals surface area contributed by atoms with Crippen LogP contribution in [0.25, 0.3) is 0 Å². The summed E-state index contributed by atoms with van der Waals surface area (Å²) in [4.78, 5) is 25.2. The van der Waals surface area contributed by atoms with E-state index in [0.29, 0.717) is 73.0 Å². The number of pyridine rings is 2. The number of halogens is 2. The zero-order valence-corrected chi connectivity index (χ0v) is 43.0. The molecule has 0 amide bonds. The standard InChI is InChI=1S/2C23H27ClN6O5S/c2*1-15(20(33-2)21-26-11-17(24)12-27-21)36(31,32)14-19-28-29-22(18-13-34-8-9-35-18)30(19)23(5-6-23)16-4-3-7-25-10-16/h2*3-4,7,10-12,15,18,20H,5-6,8-9,13-14H2,1-2H3/t15-,18+,20-;15-,18-,20-/m00/s1. The number of hydrogen-bond acceptors (Lipinski definition) is 20. The Labute approximate surface area is 426 Å². The van der Waals surface area contributed by atoms with Gasteiger partial charge >= 0.3 is 0 Å². The lowest BCUT2D eigenvalue weighted by Crippen LogP contribution is -2.33. The van der Waals surface area contributed by atoms with Gasteiger partial charge in [0.05, 0.1) is 71.3 Å². The third-order valence-corrected chi connectivity index (χ3v) is 17.8. The predicted molar refractivity (Wildman–Crippen MR) is 258 cm³/mol. The normalized spacial score (nSPS) is 21.1. The maximum Gasteiger partial charge on any atom is 0.165 e. The smallest absolute Gasteiger partial charge is 0.165 e. The number of aromatic nitrogens is 12. The number of ether oxygens (including phenoxy) is 6. The van der Waals surface area contributed by atoms with Crippen LogP contribution < -0.4 is 0 Å². The molecule has 6 atom stereocenters. The molecule has 6 aromatic rings. The lowest BCUT2D eigenvalue weighted by Gasteiger charge is -2.28. The van der Waals surface area contributed by atoms with Gasteiger partial charge in [-0.05, 0) is 62.8 Å². The molecule has 8 heterocycles. The molecule has 0 bridgehead atoms. The lowest BCUT2D eigenvalue weighted by atomic mass is 10.1. The van der Waals surface area contributed by atoms with Gasteiger partial charge in [-0.1, -0.05) is 35.3 Å². The predicted octanol–water partition coefficient (Wildman–Crippen LogP) is 4.87. The Hall–Kier alpha value is -5.02. The molecule has 0 radical (unpaired) electrons. The molecule has 0 aromatic carbocycles. The van der Waals surface area contributed by atoms with Crippen molar-refractivity contribution in [2.75, 3.05) is 53.9 Å².